The maximum absolute atomic E-state index is 12.7. The summed E-state index contributed by atoms with van der Waals surface area (Å²) in [5.41, 5.74) is 1.67. The van der Waals surface area contributed by atoms with E-state index in [-0.39, 0.29) is 13.2 Å². The lowest BCUT2D eigenvalue weighted by Crippen LogP contribution is -2.59. The first kappa shape index (κ1) is 30.3. The summed E-state index contributed by atoms with van der Waals surface area (Å²) in [6.07, 6.45) is -4.98. The van der Waals surface area contributed by atoms with E-state index in [0.717, 1.165) is 11.6 Å². The van der Waals surface area contributed by atoms with E-state index >= 15 is 0 Å². The van der Waals surface area contributed by atoms with Crippen molar-refractivity contribution in [3.63, 3.8) is 0 Å². The highest BCUT2D eigenvalue weighted by atomic mass is 35.5. The van der Waals surface area contributed by atoms with Gasteiger partial charge in [0.05, 0.1) is 12.7 Å². The topological polar surface area (TPSA) is 137 Å². The van der Waals surface area contributed by atoms with E-state index in [1.54, 1.807) is 37.4 Å². The van der Waals surface area contributed by atoms with E-state index in [9.17, 15) is 20.1 Å². The minimum absolute atomic E-state index is 0.214. The number of aliphatic hydroxyl groups is 3. The van der Waals surface area contributed by atoms with Gasteiger partial charge in [0.2, 0.25) is 5.88 Å². The molecule has 1 saturated heterocycles. The third-order valence-electron chi connectivity index (χ3n) is 6.06. The molecule has 1 aromatic carbocycles. The van der Waals surface area contributed by atoms with E-state index in [1.165, 1.54) is 7.11 Å². The second-order valence-electron chi connectivity index (χ2n) is 10.4. The lowest BCUT2D eigenvalue weighted by Gasteiger charge is -2.40. The van der Waals surface area contributed by atoms with E-state index in [0.29, 0.717) is 34.4 Å². The Hall–Kier alpha value is -2.25. The quantitative estimate of drug-likeness (QED) is 0.273. The second kappa shape index (κ2) is 13.2. The molecule has 210 valence electrons. The first-order chi connectivity index (χ1) is 17.9. The van der Waals surface area contributed by atoms with Crippen molar-refractivity contribution in [2.24, 2.45) is 0 Å². The predicted molar refractivity (Wildman–Crippen MR) is 142 cm³/mol. The number of esters is 1. The monoisotopic (exact) mass is 569 g/mol. The number of benzene rings is 1. The molecule has 2 heterocycles. The Kier molecular flexibility index (Phi) is 10.5. The molecule has 10 nitrogen and oxygen atoms in total. The number of aromatic nitrogens is 1. The Morgan fingerprint density at radius 2 is 1.87 bits per heavy atom. The van der Waals surface area contributed by atoms with Crippen LogP contribution in [0.25, 0.3) is 0 Å². The summed E-state index contributed by atoms with van der Waals surface area (Å²) >= 11 is 6.10. The summed E-state index contributed by atoms with van der Waals surface area (Å²) < 4.78 is 27.5. The minimum atomic E-state index is -1.50. The van der Waals surface area contributed by atoms with Crippen molar-refractivity contribution in [1.29, 1.82) is 0 Å². The Balaban J connectivity index is 1.55. The molecular weight excluding hydrogens is 534 g/mol. The smallest absolute Gasteiger partial charge is 0.338 e. The van der Waals surface area contributed by atoms with Crippen molar-refractivity contribution < 1.29 is 43.8 Å². The van der Waals surface area contributed by atoms with Crippen LogP contribution in [0.4, 0.5) is 0 Å². The molecule has 0 amide bonds. The second-order valence-corrected chi connectivity index (χ2v) is 16.4. The van der Waals surface area contributed by atoms with Gasteiger partial charge < -0.3 is 39.0 Å². The number of aryl methyl sites for hydroxylation is 1. The number of hydrogen-bond acceptors (Lipinski definition) is 10. The summed E-state index contributed by atoms with van der Waals surface area (Å²) in [5.74, 6) is 0.233. The maximum atomic E-state index is 12.7. The van der Waals surface area contributed by atoms with Crippen molar-refractivity contribution in [3.8, 4) is 11.6 Å². The summed E-state index contributed by atoms with van der Waals surface area (Å²) in [5, 5.41) is 31.2. The lowest BCUT2D eigenvalue weighted by atomic mass is 9.99. The summed E-state index contributed by atoms with van der Waals surface area (Å²) in [6, 6.07) is 7.44. The van der Waals surface area contributed by atoms with Gasteiger partial charge in [-0.1, -0.05) is 31.2 Å². The van der Waals surface area contributed by atoms with Crippen molar-refractivity contribution in [1.82, 2.24) is 4.98 Å². The normalized spacial score (nSPS) is 23.7. The summed E-state index contributed by atoms with van der Waals surface area (Å²) in [7, 11) is 0.103. The molecule has 3 rings (SSSR count). The Bertz CT molecular complexity index is 1100. The van der Waals surface area contributed by atoms with Gasteiger partial charge in [0.25, 0.3) is 0 Å². The molecular formula is C26H36ClNO9Si. The number of aliphatic hydroxyl groups excluding tert-OH is 3. The van der Waals surface area contributed by atoms with Crippen LogP contribution in [0.3, 0.4) is 0 Å². The van der Waals surface area contributed by atoms with Crippen LogP contribution >= 0.6 is 11.6 Å². The zero-order valence-corrected chi connectivity index (χ0v) is 24.0. The molecule has 1 aromatic heterocycles. The fourth-order valence-electron chi connectivity index (χ4n) is 3.72. The van der Waals surface area contributed by atoms with E-state index < -0.39 is 44.7 Å². The SMILES string of the molecule is COc1ncc(COc2ccc(C(=O)OC[C@H]3O[C@@H](OCC[Si](C)(C)C)[C@H](O)[C@@H](O)[C@@H]3O)c(C)c2)cc1Cl. The predicted octanol–water partition coefficient (Wildman–Crippen LogP) is 2.95. The zero-order valence-electron chi connectivity index (χ0n) is 22.2. The van der Waals surface area contributed by atoms with Crippen LogP contribution in [0.15, 0.2) is 30.5 Å². The highest BCUT2D eigenvalue weighted by Gasteiger charge is 2.45. The van der Waals surface area contributed by atoms with Crippen LogP contribution in [0.5, 0.6) is 11.6 Å². The largest absolute Gasteiger partial charge is 0.489 e. The molecule has 0 radical (unpaired) electrons. The third kappa shape index (κ3) is 8.12. The molecule has 0 saturated carbocycles. The number of methoxy groups -OCH3 is 1. The van der Waals surface area contributed by atoms with Crippen LogP contribution in [0, 0.1) is 6.92 Å². The number of pyridine rings is 1. The average Bonchev–Trinajstić information content (AvgIpc) is 2.86. The molecule has 0 aliphatic carbocycles. The Morgan fingerprint density at radius 3 is 2.50 bits per heavy atom. The molecule has 5 atom stereocenters. The van der Waals surface area contributed by atoms with Crippen molar-refractivity contribution in [3.05, 3.63) is 52.2 Å². The molecule has 0 bridgehead atoms. The number of halogens is 1. The van der Waals surface area contributed by atoms with E-state index in [1.807, 2.05) is 0 Å². The van der Waals surface area contributed by atoms with Gasteiger partial charge in [0.1, 0.15) is 48.4 Å². The van der Waals surface area contributed by atoms with Crippen molar-refractivity contribution in [2.45, 2.75) is 69.9 Å². The summed E-state index contributed by atoms with van der Waals surface area (Å²) in [6.45, 7) is 8.53. The standard InChI is InChI=1S/C26H36ClNO9Si/c1-15-10-17(35-13-16-11-19(27)24(33-2)28-12-16)6-7-18(15)25(32)36-14-20-21(29)22(30)23(31)26(37-20)34-8-9-38(3,4)5/h6-7,10-12,20-23,26,29-31H,8-9,13-14H2,1-5H3/t20-,21-,22+,23-,26-/m1/s1. The van der Waals surface area contributed by atoms with Crippen molar-refractivity contribution in [2.75, 3.05) is 20.3 Å². The fraction of sp³-hybridized carbons (Fsp3) is 0.538. The van der Waals surface area contributed by atoms with Gasteiger partial charge >= 0.3 is 5.97 Å². The van der Waals surface area contributed by atoms with Gasteiger partial charge in [-0.3, -0.25) is 0 Å². The average molecular weight is 570 g/mol. The number of nitrogens with zero attached hydrogens (tertiary/aromatic N) is 1. The van der Waals surface area contributed by atoms with Gasteiger partial charge in [-0.15, -0.1) is 0 Å². The van der Waals surface area contributed by atoms with Gasteiger partial charge in [0, 0.05) is 26.4 Å². The number of rotatable bonds is 11. The van der Waals surface area contributed by atoms with Crippen LogP contribution in [-0.2, 0) is 20.8 Å². The molecule has 0 unspecified atom stereocenters. The molecule has 0 spiro atoms. The molecule has 12 heteroatoms. The molecule has 1 aliphatic rings. The zero-order chi connectivity index (χ0) is 28.0. The van der Waals surface area contributed by atoms with Crippen molar-refractivity contribution >= 4 is 25.6 Å². The highest BCUT2D eigenvalue weighted by Crippen LogP contribution is 2.26. The van der Waals surface area contributed by atoms with Crippen LogP contribution in [0.2, 0.25) is 30.7 Å². The van der Waals surface area contributed by atoms with Crippen LogP contribution in [0.1, 0.15) is 21.5 Å². The van der Waals surface area contributed by atoms with Gasteiger partial charge in [0.15, 0.2) is 6.29 Å². The van der Waals surface area contributed by atoms with E-state index in [4.69, 9.17) is 35.3 Å². The third-order valence-corrected chi connectivity index (χ3v) is 8.04. The minimum Gasteiger partial charge on any atom is -0.489 e. The number of carbonyl (C=O) groups excluding carboxylic acids is 1. The number of carbonyl (C=O) groups is 1. The van der Waals surface area contributed by atoms with Crippen LogP contribution in [-0.4, -0.2) is 85.4 Å². The fourth-order valence-corrected chi connectivity index (χ4v) is 4.72. The van der Waals surface area contributed by atoms with Gasteiger partial charge in [-0.25, -0.2) is 9.78 Å². The molecule has 2 aromatic rings. The first-order valence-electron chi connectivity index (χ1n) is 12.3. The lowest BCUT2D eigenvalue weighted by molar-refractivity contribution is -0.299. The molecule has 1 fully saturated rings. The van der Waals surface area contributed by atoms with Crippen LogP contribution < -0.4 is 9.47 Å². The maximum Gasteiger partial charge on any atom is 0.338 e. The highest BCUT2D eigenvalue weighted by molar-refractivity contribution is 6.76. The molecule has 3 N–H and O–H groups in total. The summed E-state index contributed by atoms with van der Waals surface area (Å²) in [4.78, 5) is 16.8. The van der Waals surface area contributed by atoms with Gasteiger partial charge in [-0.05, 0) is 42.8 Å². The number of hydrogen-bond donors (Lipinski definition) is 3. The molecule has 1 aliphatic heterocycles. The Labute approximate surface area is 228 Å². The molecule has 38 heavy (non-hydrogen) atoms. The first-order valence-corrected chi connectivity index (χ1v) is 16.4. The van der Waals surface area contributed by atoms with Gasteiger partial charge in [-0.2, -0.15) is 0 Å². The Morgan fingerprint density at radius 1 is 1.13 bits per heavy atom. The number of ether oxygens (including phenoxy) is 5. The van der Waals surface area contributed by atoms with E-state index in [2.05, 4.69) is 24.6 Å².